The van der Waals surface area contributed by atoms with Crippen LogP contribution in [-0.4, -0.2) is 4.98 Å². The summed E-state index contributed by atoms with van der Waals surface area (Å²) in [6.07, 6.45) is 7.50. The summed E-state index contributed by atoms with van der Waals surface area (Å²) in [4.78, 5) is 3.16. The summed E-state index contributed by atoms with van der Waals surface area (Å²) in [6, 6.07) is 0. The molecule has 1 aliphatic carbocycles. The van der Waals surface area contributed by atoms with Crippen molar-refractivity contribution in [2.24, 2.45) is 0 Å². The van der Waals surface area contributed by atoms with E-state index in [1.807, 2.05) is 13.8 Å². The molecule has 1 N–H and O–H groups in total. The van der Waals surface area contributed by atoms with Crippen molar-refractivity contribution in [1.29, 1.82) is 0 Å². The zero-order valence-electron chi connectivity index (χ0n) is 8.76. The van der Waals surface area contributed by atoms with Gasteiger partial charge in [-0.2, -0.15) is 0 Å². The Balaban J connectivity index is 0.000000461. The van der Waals surface area contributed by atoms with Crippen LogP contribution in [0.25, 0.3) is 12.2 Å². The van der Waals surface area contributed by atoms with E-state index < -0.39 is 0 Å². The van der Waals surface area contributed by atoms with Gasteiger partial charge in [0.25, 0.3) is 0 Å². The van der Waals surface area contributed by atoms with Gasteiger partial charge < -0.3 is 4.98 Å². The Bertz CT molecular complexity index is 488. The lowest BCUT2D eigenvalue weighted by molar-refractivity contribution is 1.27. The number of hydrogen-bond donors (Lipinski definition) is 1. The van der Waals surface area contributed by atoms with Gasteiger partial charge in [0.2, 0.25) is 0 Å². The number of hydrogen-bond acceptors (Lipinski definition) is 2. The number of thiazole rings is 1. The molecule has 14 heavy (non-hydrogen) atoms. The van der Waals surface area contributed by atoms with E-state index in [0.717, 1.165) is 15.7 Å². The highest BCUT2D eigenvalue weighted by molar-refractivity contribution is 7.73. The first-order valence-electron chi connectivity index (χ1n) is 4.82. The summed E-state index contributed by atoms with van der Waals surface area (Å²) in [6.45, 7) is 6.14. The maximum absolute atomic E-state index is 5.06. The second-order valence-corrected chi connectivity index (χ2v) is 4.60. The second-order valence-electron chi connectivity index (χ2n) is 2.88. The van der Waals surface area contributed by atoms with Crippen LogP contribution >= 0.6 is 23.6 Å². The number of fused-ring (bicyclic) bond motifs is 1. The highest BCUT2D eigenvalue weighted by Gasteiger charge is 1.94. The van der Waals surface area contributed by atoms with E-state index in [4.69, 9.17) is 12.2 Å². The molecule has 3 heteroatoms. The Kier molecular flexibility index (Phi) is 4.29. The fraction of sp³-hybridized carbons (Fsp3) is 0.364. The van der Waals surface area contributed by atoms with Gasteiger partial charge in [0.15, 0.2) is 3.95 Å². The minimum Gasteiger partial charge on any atom is -0.337 e. The van der Waals surface area contributed by atoms with Gasteiger partial charge in [-0.3, -0.25) is 0 Å². The van der Waals surface area contributed by atoms with Gasteiger partial charge in [-0.1, -0.05) is 31.6 Å². The van der Waals surface area contributed by atoms with Crippen molar-refractivity contribution in [3.63, 3.8) is 0 Å². The van der Waals surface area contributed by atoms with Crippen LogP contribution in [0.4, 0.5) is 0 Å². The van der Waals surface area contributed by atoms with E-state index in [-0.39, 0.29) is 0 Å². The predicted molar refractivity (Wildman–Crippen MR) is 67.4 cm³/mol. The van der Waals surface area contributed by atoms with Crippen molar-refractivity contribution in [1.82, 2.24) is 4.98 Å². The molecule has 0 radical (unpaired) electrons. The van der Waals surface area contributed by atoms with Crippen molar-refractivity contribution in [2.75, 3.05) is 0 Å². The highest BCUT2D eigenvalue weighted by atomic mass is 32.1. The average Bonchev–Trinajstić information content (AvgIpc) is 2.47. The van der Waals surface area contributed by atoms with Crippen LogP contribution in [0.5, 0.6) is 0 Å². The Morgan fingerprint density at radius 1 is 1.36 bits per heavy atom. The normalized spacial score (nSPS) is 13.5. The molecule has 0 spiro atoms. The van der Waals surface area contributed by atoms with Gasteiger partial charge in [-0.15, -0.1) is 11.3 Å². The Hall–Kier alpha value is -0.670. The number of H-pyrrole nitrogens is 1. The van der Waals surface area contributed by atoms with Crippen molar-refractivity contribution in [2.45, 2.75) is 27.2 Å². The van der Waals surface area contributed by atoms with E-state index in [1.165, 1.54) is 10.1 Å². The molecule has 1 nitrogen and oxygen atoms in total. The van der Waals surface area contributed by atoms with Gasteiger partial charge in [-0.25, -0.2) is 0 Å². The fourth-order valence-corrected chi connectivity index (χ4v) is 2.31. The maximum atomic E-state index is 5.06. The van der Waals surface area contributed by atoms with Gasteiger partial charge >= 0.3 is 0 Å². The van der Waals surface area contributed by atoms with Crippen LogP contribution in [0.3, 0.4) is 0 Å². The van der Waals surface area contributed by atoms with Crippen LogP contribution in [-0.2, 0) is 0 Å². The lowest BCUT2D eigenvalue weighted by Crippen LogP contribution is -2.19. The summed E-state index contributed by atoms with van der Waals surface area (Å²) in [5.41, 5.74) is 1.39. The smallest absolute Gasteiger partial charge is 0.159 e. The first-order chi connectivity index (χ1) is 6.75. The van der Waals surface area contributed by atoms with E-state index in [0.29, 0.717) is 0 Å². The second kappa shape index (κ2) is 5.27. The number of allylic oxidation sites excluding steroid dienone is 2. The zero-order chi connectivity index (χ0) is 10.6. The third-order valence-electron chi connectivity index (χ3n) is 1.85. The Labute approximate surface area is 93.5 Å². The standard InChI is InChI=1S/C9H9NS2.C2H6/c1-6-2-4-7-8(5-3-6)12-9(11)10-7;1-2/h2,4-5H,3H2,1H3,(H,10,11);1-2H3. The van der Waals surface area contributed by atoms with Crippen LogP contribution in [0.15, 0.2) is 11.6 Å². The van der Waals surface area contributed by atoms with Gasteiger partial charge in [0.05, 0.1) is 5.35 Å². The van der Waals surface area contributed by atoms with E-state index in [1.54, 1.807) is 11.3 Å². The van der Waals surface area contributed by atoms with Crippen molar-refractivity contribution in [3.8, 4) is 0 Å². The Morgan fingerprint density at radius 2 is 2.07 bits per heavy atom. The first-order valence-corrected chi connectivity index (χ1v) is 6.05. The molecular weight excluding hydrogens is 210 g/mol. The first kappa shape index (κ1) is 11.4. The molecular formula is C11H15NS2. The molecule has 1 aromatic heterocycles. The van der Waals surface area contributed by atoms with Crippen LogP contribution in [0.1, 0.15) is 27.2 Å². The number of rotatable bonds is 0. The molecule has 1 heterocycles. The van der Waals surface area contributed by atoms with Crippen molar-refractivity contribution >= 4 is 35.7 Å². The molecule has 0 fully saturated rings. The molecule has 0 atom stereocenters. The minimum absolute atomic E-state index is 0.862. The summed E-state index contributed by atoms with van der Waals surface area (Å²) >= 11 is 6.70. The quantitative estimate of drug-likeness (QED) is 0.671. The molecule has 76 valence electrons. The summed E-state index contributed by atoms with van der Waals surface area (Å²) < 4.78 is 2.13. The van der Waals surface area contributed by atoms with Crippen LogP contribution in [0.2, 0.25) is 0 Å². The lowest BCUT2D eigenvalue weighted by atomic mass is 10.2. The van der Waals surface area contributed by atoms with Gasteiger partial charge in [0.1, 0.15) is 0 Å². The van der Waals surface area contributed by atoms with Gasteiger partial charge in [0, 0.05) is 4.53 Å². The predicted octanol–water partition coefficient (Wildman–Crippen LogP) is 2.74. The molecule has 0 aromatic carbocycles. The SMILES string of the molecule is CC.CC1=CC=c2[nH]c(=S)sc2=CC1. The average molecular weight is 225 g/mol. The summed E-state index contributed by atoms with van der Waals surface area (Å²) in [5.74, 6) is 0. The minimum atomic E-state index is 0.862. The topological polar surface area (TPSA) is 15.8 Å². The zero-order valence-corrected chi connectivity index (χ0v) is 10.4. The summed E-state index contributed by atoms with van der Waals surface area (Å²) in [7, 11) is 0. The van der Waals surface area contributed by atoms with E-state index >= 15 is 0 Å². The molecule has 2 rings (SSSR count). The monoisotopic (exact) mass is 225 g/mol. The third-order valence-corrected chi connectivity index (χ3v) is 3.09. The highest BCUT2D eigenvalue weighted by Crippen LogP contribution is 2.02. The maximum Gasteiger partial charge on any atom is 0.159 e. The fourth-order valence-electron chi connectivity index (χ4n) is 1.17. The largest absolute Gasteiger partial charge is 0.337 e. The van der Waals surface area contributed by atoms with E-state index in [9.17, 15) is 0 Å². The van der Waals surface area contributed by atoms with Crippen LogP contribution in [0, 0.1) is 3.95 Å². The third kappa shape index (κ3) is 2.66. The number of aromatic nitrogens is 1. The Morgan fingerprint density at radius 3 is 2.79 bits per heavy atom. The molecule has 0 amide bonds. The molecule has 1 aromatic rings. The van der Waals surface area contributed by atoms with E-state index in [2.05, 4.69) is 30.1 Å². The van der Waals surface area contributed by atoms with Crippen molar-refractivity contribution < 1.29 is 0 Å². The summed E-state index contributed by atoms with van der Waals surface area (Å²) in [5, 5.41) is 1.15. The van der Waals surface area contributed by atoms with Crippen LogP contribution < -0.4 is 9.88 Å². The van der Waals surface area contributed by atoms with Gasteiger partial charge in [-0.05, 0) is 31.6 Å². The molecule has 0 unspecified atom stereocenters. The lowest BCUT2D eigenvalue weighted by Gasteiger charge is -1.87. The molecule has 1 aliphatic rings. The molecule has 0 saturated heterocycles. The number of aromatic amines is 1. The molecule has 0 aliphatic heterocycles. The molecule has 0 saturated carbocycles. The number of nitrogens with one attached hydrogen (secondary N) is 1. The molecule has 0 bridgehead atoms. The van der Waals surface area contributed by atoms with Crippen molar-refractivity contribution in [3.05, 3.63) is 25.5 Å².